The van der Waals surface area contributed by atoms with E-state index in [-0.39, 0.29) is 172 Å². The third-order valence-electron chi connectivity index (χ3n) is 22.2. The van der Waals surface area contributed by atoms with E-state index in [9.17, 15) is 108 Å². The van der Waals surface area contributed by atoms with Crippen LogP contribution in [0.4, 0.5) is 0 Å². The van der Waals surface area contributed by atoms with Crippen molar-refractivity contribution in [2.45, 2.75) is 217 Å². The molecule has 3 saturated heterocycles. The number of aromatic hydroxyl groups is 2. The van der Waals surface area contributed by atoms with Gasteiger partial charge in [-0.05, 0) is 142 Å². The average Bonchev–Trinajstić information content (AvgIpc) is 1.56. The topological polar surface area (TPSA) is 761 Å². The molecule has 3 aliphatic rings. The molecule has 2 aromatic carbocycles. The Morgan fingerprint density at radius 2 is 0.879 bits per heavy atom. The molecule has 3 aliphatic heterocycles. The van der Waals surface area contributed by atoms with Gasteiger partial charge < -0.3 is 132 Å². The van der Waals surface area contributed by atoms with Gasteiger partial charge in [0.1, 0.15) is 78.0 Å². The molecule has 11 atom stereocenters. The van der Waals surface area contributed by atoms with E-state index in [0.717, 1.165) is 14.7 Å². The number of amides is 12. The van der Waals surface area contributed by atoms with Gasteiger partial charge in [-0.2, -0.15) is 0 Å². The van der Waals surface area contributed by atoms with E-state index in [0.29, 0.717) is 5.56 Å². The number of primary amides is 1. The van der Waals surface area contributed by atoms with Crippen LogP contribution >= 0.6 is 0 Å². The summed E-state index contributed by atoms with van der Waals surface area (Å²) < 4.78 is 0. The zero-order valence-electron chi connectivity index (χ0n) is 75.1. The van der Waals surface area contributed by atoms with Gasteiger partial charge in [0, 0.05) is 78.2 Å². The number of likely N-dealkylation sites (tertiary alicyclic amines) is 3. The van der Waals surface area contributed by atoms with Crippen molar-refractivity contribution in [2.24, 2.45) is 39.7 Å². The Labute approximate surface area is 762 Å². The third-order valence-corrected chi connectivity index (χ3v) is 22.2. The first kappa shape index (κ1) is 109. The van der Waals surface area contributed by atoms with Crippen LogP contribution in [-0.2, 0) is 99.1 Å². The van der Waals surface area contributed by atoms with E-state index >= 15 is 19.2 Å². The van der Waals surface area contributed by atoms with Crippen molar-refractivity contribution in [3.05, 3.63) is 59.7 Å². The van der Waals surface area contributed by atoms with Crippen molar-refractivity contribution in [1.82, 2.24) is 82.6 Å². The third kappa shape index (κ3) is 38.1. The highest BCUT2D eigenvalue weighted by Gasteiger charge is 2.46. The number of nitrogens with two attached hydrogens (primary N) is 4. The van der Waals surface area contributed by atoms with Gasteiger partial charge in [-0.15, -0.1) is 0 Å². The van der Waals surface area contributed by atoms with Crippen LogP contribution in [0.5, 0.6) is 11.5 Å². The molecule has 5 rings (SSSR count). The quantitative estimate of drug-likeness (QED) is 0.0167. The fraction of sp³-hybridized carbons (Fsp3) is 0.619. The second kappa shape index (κ2) is 52.7. The number of aliphatic carboxylic acids is 6. The highest BCUT2D eigenvalue weighted by Crippen LogP contribution is 2.29. The monoisotopic (exact) mass is 1860 g/mol. The summed E-state index contributed by atoms with van der Waals surface area (Å²) in [7, 11) is 0. The summed E-state index contributed by atoms with van der Waals surface area (Å²) in [5.41, 5.74) is 22.2. The number of guanidine groups is 2. The molecule has 0 radical (unpaired) electrons. The van der Waals surface area contributed by atoms with E-state index in [1.165, 1.54) is 63.2 Å². The molecule has 48 heteroatoms. The van der Waals surface area contributed by atoms with Crippen molar-refractivity contribution < 1.29 is 127 Å². The van der Waals surface area contributed by atoms with Gasteiger partial charge in [0.2, 0.25) is 70.9 Å². The molecule has 132 heavy (non-hydrogen) atoms. The molecule has 0 bridgehead atoms. The Kier molecular flexibility index (Phi) is 43.6. The number of unbranched alkanes of at least 4 members (excludes halogenated alkanes) is 1. The Bertz CT molecular complexity index is 4370. The lowest BCUT2D eigenvalue weighted by Crippen LogP contribution is -2.62. The lowest BCUT2D eigenvalue weighted by atomic mass is 9.84. The lowest BCUT2D eigenvalue weighted by Gasteiger charge is -2.37. The molecule has 28 N–H and O–H groups in total. The number of carboxylic acid groups (broad SMARTS) is 6. The number of phenols is 2. The predicted octanol–water partition coefficient (Wildman–Crippen LogP) is -5.22. The second-order valence-corrected chi connectivity index (χ2v) is 35.4. The number of carbonyl (C=O) groups is 18. The van der Waals surface area contributed by atoms with Crippen LogP contribution in [-0.4, -0.2) is 354 Å². The summed E-state index contributed by atoms with van der Waals surface area (Å²) in [6, 6.07) is -6.33. The van der Waals surface area contributed by atoms with E-state index in [1.54, 1.807) is 41.5 Å². The number of hydrogen-bond donors (Lipinski definition) is 24. The van der Waals surface area contributed by atoms with Crippen molar-refractivity contribution in [3.8, 4) is 11.5 Å². The first-order chi connectivity index (χ1) is 61.9. The van der Waals surface area contributed by atoms with Crippen LogP contribution in [0.15, 0.2) is 48.5 Å². The summed E-state index contributed by atoms with van der Waals surface area (Å²) in [5, 5.41) is 120. The zero-order valence-corrected chi connectivity index (χ0v) is 75.1. The number of nitrogens with one attached hydrogen (secondary N) is 12. The maximum atomic E-state index is 15.4. The summed E-state index contributed by atoms with van der Waals surface area (Å²) >= 11 is 0. The van der Waals surface area contributed by atoms with Crippen LogP contribution < -0.4 is 76.1 Å². The first-order valence-corrected chi connectivity index (χ1v) is 43.5. The van der Waals surface area contributed by atoms with Crippen LogP contribution in [0.3, 0.4) is 0 Å². The summed E-state index contributed by atoms with van der Waals surface area (Å²) in [4.78, 5) is 255. The largest absolute Gasteiger partial charge is 0.508 e. The summed E-state index contributed by atoms with van der Waals surface area (Å²) in [6.07, 6.45) is -2.49. The molecule has 0 aliphatic carbocycles. The molecule has 12 amide bonds. The number of phenolic OH excluding ortho intramolecular Hbond substituents is 2. The van der Waals surface area contributed by atoms with Crippen molar-refractivity contribution in [2.75, 3.05) is 98.2 Å². The predicted molar refractivity (Wildman–Crippen MR) is 470 cm³/mol. The molecular formula is C84H130N22O26. The fourth-order valence-corrected chi connectivity index (χ4v) is 15.6. The van der Waals surface area contributed by atoms with E-state index in [4.69, 9.17) is 33.8 Å². The summed E-state index contributed by atoms with van der Waals surface area (Å²) in [6.45, 7) is 5.40. The SMILES string of the molecule is CC(C)(C)C[C@H](NC(=O)[C@@H](NC(=O)[C@H](Cc1ccc(O)cc1)NC(=O)[C@@H]1CCCN1C(=O)[C@H](CCCNC(=N)N)NC(=O)[C@@H](NC(=O)[C@@H]1CCCN1C(=O)[C@H](CCCCN)NC(=O)[C@H](CC(N)=O)NC(=O)[C@H](CCC(=O)O)NC(=O)[C@@H](Cc1ccc(O)cc1)NC(=O)CN(CCN(CCN(CC(=O)O)CC(=O)O)CC(=O)O)CC(=O)O)C1CCN(C(=N)N)CC1)C(C)(C)C)C(=O)O. The van der Waals surface area contributed by atoms with Gasteiger partial charge in [-0.3, -0.25) is 107 Å². The highest BCUT2D eigenvalue weighted by atomic mass is 16.4. The summed E-state index contributed by atoms with van der Waals surface area (Å²) in [5.74, 6) is -22.2. The van der Waals surface area contributed by atoms with Crippen molar-refractivity contribution in [3.63, 3.8) is 0 Å². The normalized spacial score (nSPS) is 16.7. The zero-order chi connectivity index (χ0) is 98.6. The first-order valence-electron chi connectivity index (χ1n) is 43.5. The number of nitrogens with zero attached hydrogens (tertiary/aromatic N) is 6. The van der Waals surface area contributed by atoms with Crippen molar-refractivity contribution >= 4 is 119 Å². The number of hydrogen-bond acceptors (Lipinski definition) is 26. The molecule has 0 saturated carbocycles. The Hall–Kier alpha value is -13.1. The Morgan fingerprint density at radius 3 is 1.33 bits per heavy atom. The molecule has 0 spiro atoms. The second-order valence-electron chi connectivity index (χ2n) is 35.4. The van der Waals surface area contributed by atoms with Gasteiger partial charge in [0.15, 0.2) is 11.9 Å². The molecular weight excluding hydrogens is 1730 g/mol. The maximum Gasteiger partial charge on any atom is 0.326 e. The van der Waals surface area contributed by atoms with E-state index in [2.05, 4.69) is 53.2 Å². The number of piperidine rings is 1. The molecule has 3 heterocycles. The maximum absolute atomic E-state index is 15.4. The smallest absolute Gasteiger partial charge is 0.326 e. The minimum atomic E-state index is -2.01. The molecule has 0 unspecified atom stereocenters. The number of rotatable bonds is 55. The number of carbonyl (C=O) groups excluding carboxylic acids is 12. The van der Waals surface area contributed by atoms with Crippen LogP contribution in [0.1, 0.15) is 149 Å². The van der Waals surface area contributed by atoms with Gasteiger partial charge in [-0.25, -0.2) is 4.79 Å². The van der Waals surface area contributed by atoms with Gasteiger partial charge in [0.05, 0.1) is 39.1 Å². The van der Waals surface area contributed by atoms with Crippen molar-refractivity contribution in [1.29, 1.82) is 10.8 Å². The fourth-order valence-electron chi connectivity index (χ4n) is 15.6. The molecule has 0 aromatic heterocycles. The lowest BCUT2D eigenvalue weighted by molar-refractivity contribution is -0.144. The Balaban J connectivity index is 1.43. The van der Waals surface area contributed by atoms with Crippen LogP contribution in [0.25, 0.3) is 0 Å². The molecule has 2 aromatic rings. The highest BCUT2D eigenvalue weighted by molar-refractivity contribution is 6.01. The number of benzene rings is 2. The van der Waals surface area contributed by atoms with Gasteiger partial charge in [-0.1, -0.05) is 65.8 Å². The van der Waals surface area contributed by atoms with E-state index in [1.807, 2.05) is 0 Å². The van der Waals surface area contributed by atoms with Gasteiger partial charge >= 0.3 is 35.8 Å². The Morgan fingerprint density at radius 1 is 0.455 bits per heavy atom. The van der Waals surface area contributed by atoms with Gasteiger partial charge in [0.25, 0.3) is 0 Å². The number of carboxylic acids is 6. The molecule has 3 fully saturated rings. The minimum Gasteiger partial charge on any atom is -0.508 e. The van der Waals surface area contributed by atoms with Crippen LogP contribution in [0, 0.1) is 27.6 Å². The van der Waals surface area contributed by atoms with E-state index < -0.39 is 254 Å². The average molecular weight is 1860 g/mol. The standard InChI is InChI=1S/C84H130N22O26/c1-83(2,3)41-58(80(131)132)98-77(128)69(84(4,5)6)100-73(124)56(39-48-18-22-51(108)23-19-48)97-74(125)59-14-10-30-105(59)79(130)54(13-9-29-91-81(87)88)95-76(127)68(49-26-32-104(33-27-49)82(89)90)99-75(126)60-15-11-31-106(60)78(129)53(12-7-8-28-85)94-72(123)57(40-61(86)109)96-70(121)52(24-25-63(111)112)93-71(122)55(38-47-16-20-50(107)21-17-47)92-62(110)42-102(44-65(115)116)36-34-101(43-64(113)114)35-37-103(45-66(117)118)46-67(119)120/h16-23,49,52-60,68-69,107-108H,7-15,24-46,85H2,1-6H3,(H2,86,109)(H3,89,90)(H,92,110)(H,93,122)(H,94,123)(H,95,127)(H,96,121)(H,97,125)(H,98,128)(H,99,126)(H,100,124)(H,111,112)(H,113,114)(H,115,116)(H,117,118)(H,119,120)(H,131,132)(H4,87,88,91)/t52-,53-,54-,55+,56-,57-,58-,59-,60-,68-,69+/m0/s1. The molecule has 48 nitrogen and oxygen atoms in total. The van der Waals surface area contributed by atoms with Crippen LogP contribution in [0.2, 0.25) is 0 Å². The molecule has 732 valence electrons. The minimum absolute atomic E-state index is 0.00117.